The van der Waals surface area contributed by atoms with Crippen LogP contribution in [0.5, 0.6) is 0 Å². The Morgan fingerprint density at radius 1 is 1.30 bits per heavy atom. The maximum Gasteiger partial charge on any atom is 0.490 e. The van der Waals surface area contributed by atoms with Crippen LogP contribution in [0.1, 0.15) is 18.4 Å². The summed E-state index contributed by atoms with van der Waals surface area (Å²) in [7, 11) is 0. The molecule has 2 aromatic rings. The van der Waals surface area contributed by atoms with Gasteiger partial charge in [-0.3, -0.25) is 10.1 Å². The predicted octanol–water partition coefficient (Wildman–Crippen LogP) is 2.13. The van der Waals surface area contributed by atoms with Crippen LogP contribution in [-0.2, 0) is 9.59 Å². The summed E-state index contributed by atoms with van der Waals surface area (Å²) in [6.07, 6.45) is 2.77. The molecule has 0 unspecified atom stereocenters. The zero-order valence-electron chi connectivity index (χ0n) is 17.2. The van der Waals surface area contributed by atoms with Gasteiger partial charge >= 0.3 is 12.1 Å². The number of hydrogen-bond donors (Lipinski definition) is 4. The first kappa shape index (κ1) is 24.5. The summed E-state index contributed by atoms with van der Waals surface area (Å²) in [4.78, 5) is 35.5. The second kappa shape index (κ2) is 9.79. The number of fused-ring (bicyclic) bond motifs is 4. The minimum atomic E-state index is -5.08. The van der Waals surface area contributed by atoms with E-state index in [4.69, 9.17) is 9.90 Å². The molecule has 0 saturated carbocycles. The van der Waals surface area contributed by atoms with Crippen molar-refractivity contribution in [3.8, 4) is 0 Å². The first-order valence-corrected chi connectivity index (χ1v) is 10.0. The molecule has 0 spiro atoms. The number of amides is 1. The van der Waals surface area contributed by atoms with Gasteiger partial charge in [0.05, 0.1) is 0 Å². The van der Waals surface area contributed by atoms with Crippen molar-refractivity contribution in [2.24, 2.45) is 10.9 Å². The third-order valence-corrected chi connectivity index (χ3v) is 5.69. The molecule has 4 aliphatic heterocycles. The Labute approximate surface area is 192 Å². The van der Waals surface area contributed by atoms with E-state index < -0.39 is 12.1 Å². The third-order valence-electron chi connectivity index (χ3n) is 5.69. The molecular formula is C20H22ClF3N6O3. The van der Waals surface area contributed by atoms with Crippen molar-refractivity contribution in [1.82, 2.24) is 25.5 Å². The van der Waals surface area contributed by atoms with Crippen molar-refractivity contribution >= 4 is 47.4 Å². The topological polar surface area (TPSA) is 123 Å². The highest BCUT2D eigenvalue weighted by atomic mass is 35.5. The van der Waals surface area contributed by atoms with Gasteiger partial charge in [0.25, 0.3) is 5.91 Å². The van der Waals surface area contributed by atoms with Crippen LogP contribution in [-0.4, -0.2) is 69.7 Å². The second-order valence-corrected chi connectivity index (χ2v) is 7.78. The molecular weight excluding hydrogens is 465 g/mol. The number of guanidine groups is 1. The number of aromatic nitrogens is 2. The normalized spacial score (nSPS) is 25.1. The fourth-order valence-corrected chi connectivity index (χ4v) is 4.08. The molecule has 13 heteroatoms. The average molecular weight is 487 g/mol. The van der Waals surface area contributed by atoms with Crippen molar-refractivity contribution < 1.29 is 27.9 Å². The molecule has 6 heterocycles. The second-order valence-electron chi connectivity index (χ2n) is 7.78. The number of aliphatic carboxylic acids is 1. The Morgan fingerprint density at radius 3 is 2.61 bits per heavy atom. The number of rotatable bonds is 2. The van der Waals surface area contributed by atoms with Crippen molar-refractivity contribution in [2.75, 3.05) is 19.6 Å². The van der Waals surface area contributed by atoms with E-state index in [0.717, 1.165) is 23.1 Å². The fourth-order valence-electron chi connectivity index (χ4n) is 4.08. The fraction of sp³-hybridized carbons (Fsp3) is 0.400. The Morgan fingerprint density at radius 2 is 2.00 bits per heavy atom. The van der Waals surface area contributed by atoms with Gasteiger partial charge in [-0.25, -0.2) is 14.8 Å². The summed E-state index contributed by atoms with van der Waals surface area (Å²) in [6, 6.07) is 4.24. The van der Waals surface area contributed by atoms with Gasteiger partial charge in [-0.15, -0.1) is 12.4 Å². The highest BCUT2D eigenvalue weighted by Crippen LogP contribution is 2.28. The quantitative estimate of drug-likeness (QED) is 0.482. The molecule has 4 N–H and O–H groups in total. The van der Waals surface area contributed by atoms with Gasteiger partial charge in [-0.1, -0.05) is 0 Å². The van der Waals surface area contributed by atoms with E-state index in [1.807, 2.05) is 18.3 Å². The van der Waals surface area contributed by atoms with Gasteiger partial charge in [0.15, 0.2) is 0 Å². The number of halogens is 4. The lowest BCUT2D eigenvalue weighted by Crippen LogP contribution is -2.58. The molecule has 1 atom stereocenters. The lowest BCUT2D eigenvalue weighted by molar-refractivity contribution is -0.192. The van der Waals surface area contributed by atoms with Crippen molar-refractivity contribution in [1.29, 1.82) is 0 Å². The number of carboxylic acid groups (broad SMARTS) is 1. The largest absolute Gasteiger partial charge is 0.490 e. The molecule has 2 aromatic heterocycles. The van der Waals surface area contributed by atoms with Crippen LogP contribution in [0.15, 0.2) is 35.2 Å². The van der Waals surface area contributed by atoms with E-state index in [1.54, 1.807) is 12.3 Å². The van der Waals surface area contributed by atoms with Crippen molar-refractivity contribution in [3.05, 3.63) is 35.8 Å². The summed E-state index contributed by atoms with van der Waals surface area (Å²) in [6.45, 7) is 3.43. The Balaban J connectivity index is 0.000000337. The monoisotopic (exact) mass is 486 g/mol. The lowest BCUT2D eigenvalue weighted by atomic mass is 9.84. The number of alkyl halides is 3. The number of carboxylic acids is 1. The number of aromatic amines is 1. The van der Waals surface area contributed by atoms with E-state index in [-0.39, 0.29) is 18.3 Å². The molecule has 0 radical (unpaired) electrons. The molecule has 178 valence electrons. The van der Waals surface area contributed by atoms with Crippen LogP contribution >= 0.6 is 12.4 Å². The van der Waals surface area contributed by atoms with Crippen LogP contribution in [0.25, 0.3) is 17.1 Å². The van der Waals surface area contributed by atoms with E-state index in [2.05, 4.69) is 30.5 Å². The minimum Gasteiger partial charge on any atom is -0.475 e. The molecule has 1 amide bonds. The number of carbonyl (C=O) groups is 2. The Kier molecular flexibility index (Phi) is 7.28. The zero-order chi connectivity index (χ0) is 22.9. The summed E-state index contributed by atoms with van der Waals surface area (Å²) in [5, 5.41) is 14.4. The van der Waals surface area contributed by atoms with E-state index >= 15 is 0 Å². The van der Waals surface area contributed by atoms with Crippen LogP contribution < -0.4 is 10.6 Å². The van der Waals surface area contributed by atoms with E-state index in [1.165, 1.54) is 25.9 Å². The molecule has 6 rings (SSSR count). The number of nitrogens with one attached hydrogen (secondary N) is 3. The maximum absolute atomic E-state index is 12.3. The summed E-state index contributed by atoms with van der Waals surface area (Å²) in [5.74, 6) is -1.67. The van der Waals surface area contributed by atoms with Crippen LogP contribution in [0.4, 0.5) is 13.2 Å². The summed E-state index contributed by atoms with van der Waals surface area (Å²) in [5.41, 5.74) is 2.15. The molecule has 3 saturated heterocycles. The highest BCUT2D eigenvalue weighted by molar-refractivity contribution is 6.14. The maximum atomic E-state index is 12.3. The molecule has 33 heavy (non-hydrogen) atoms. The number of piperidine rings is 3. The highest BCUT2D eigenvalue weighted by Gasteiger charge is 2.38. The number of pyridine rings is 1. The van der Waals surface area contributed by atoms with Crippen LogP contribution in [0.3, 0.4) is 0 Å². The van der Waals surface area contributed by atoms with Gasteiger partial charge in [-0.05, 0) is 50.1 Å². The number of H-pyrrole nitrogens is 1. The van der Waals surface area contributed by atoms with Crippen molar-refractivity contribution in [3.63, 3.8) is 0 Å². The summed E-state index contributed by atoms with van der Waals surface area (Å²) < 4.78 is 31.7. The number of carbonyl (C=O) groups excluding carboxylic acids is 1. The first-order valence-electron chi connectivity index (χ1n) is 10.0. The van der Waals surface area contributed by atoms with Gasteiger partial charge in [-0.2, -0.15) is 13.2 Å². The minimum absolute atomic E-state index is 0. The zero-order valence-corrected chi connectivity index (χ0v) is 18.0. The first-order chi connectivity index (χ1) is 15.2. The molecule has 2 bridgehead atoms. The van der Waals surface area contributed by atoms with E-state index in [0.29, 0.717) is 23.6 Å². The molecule has 0 aromatic carbocycles. The van der Waals surface area contributed by atoms with Crippen LogP contribution in [0.2, 0.25) is 0 Å². The molecule has 4 aliphatic rings. The predicted molar refractivity (Wildman–Crippen MR) is 117 cm³/mol. The van der Waals surface area contributed by atoms with Crippen molar-refractivity contribution in [2.45, 2.75) is 25.1 Å². The molecule has 0 aliphatic carbocycles. The summed E-state index contributed by atoms with van der Waals surface area (Å²) >= 11 is 0. The van der Waals surface area contributed by atoms with E-state index in [9.17, 15) is 18.0 Å². The van der Waals surface area contributed by atoms with Crippen LogP contribution in [0, 0.1) is 5.92 Å². The Bertz CT molecular complexity index is 1090. The SMILES string of the molecule is Cl.O=C(O)C(F)(F)F.O=C1NC(N[C@H]2CN3CCC2CC3)=NC1=Cc1c[nH]c2ncccc12. The lowest BCUT2D eigenvalue weighted by Gasteiger charge is -2.45. The number of aliphatic imine (C=N–C) groups is 1. The third kappa shape index (κ3) is 5.63. The number of hydrogen-bond acceptors (Lipinski definition) is 6. The van der Waals surface area contributed by atoms with Gasteiger partial charge in [0.1, 0.15) is 11.3 Å². The smallest absolute Gasteiger partial charge is 0.475 e. The molecule has 9 nitrogen and oxygen atoms in total. The standard InChI is InChI=1S/C18H20N6O.C2HF3O2.ClH/c25-17-14(8-12-9-20-16-13(12)2-1-5-19-16)21-18(23-17)22-15-10-24-6-3-11(15)4-7-24;3-2(4,5)1(6)7;/h1-2,5,8-9,11,15H,3-4,6-7,10H2,(H,19,20)(H2,21,22,23,25);(H,6,7);1H/t15-;;/m0../s1. The number of nitrogens with zero attached hydrogens (tertiary/aromatic N) is 3. The van der Waals surface area contributed by atoms with Gasteiger partial charge < -0.3 is 20.3 Å². The molecule has 3 fully saturated rings. The van der Waals surface area contributed by atoms with Gasteiger partial charge in [0.2, 0.25) is 5.96 Å². The average Bonchev–Trinajstić information content (AvgIpc) is 3.32. The Hall–Kier alpha value is -3.12. The van der Waals surface area contributed by atoms with Gasteiger partial charge in [0, 0.05) is 35.9 Å².